The van der Waals surface area contributed by atoms with Gasteiger partial charge in [0.15, 0.2) is 0 Å². The van der Waals surface area contributed by atoms with Gasteiger partial charge in [-0.3, -0.25) is 9.59 Å². The lowest BCUT2D eigenvalue weighted by atomic mass is 9.89. The van der Waals surface area contributed by atoms with Crippen LogP contribution in [0.15, 0.2) is 29.1 Å². The molecule has 7 nitrogen and oxygen atoms in total. The maximum atomic E-state index is 12.8. The number of carbonyl (C=O) groups is 2. The molecule has 8 heteroatoms. The van der Waals surface area contributed by atoms with Crippen molar-refractivity contribution in [2.75, 3.05) is 11.9 Å². The van der Waals surface area contributed by atoms with Gasteiger partial charge >= 0.3 is 5.97 Å². The first-order valence-electron chi connectivity index (χ1n) is 9.87. The summed E-state index contributed by atoms with van der Waals surface area (Å²) in [5.74, 6) is -0.982. The van der Waals surface area contributed by atoms with Crippen LogP contribution < -0.4 is 10.9 Å². The number of amides is 1. The maximum absolute atomic E-state index is 12.8. The number of fused-ring (bicyclic) bond motifs is 3. The van der Waals surface area contributed by atoms with E-state index >= 15 is 0 Å². The van der Waals surface area contributed by atoms with Crippen LogP contribution in [0.4, 0.5) is 5.69 Å². The van der Waals surface area contributed by atoms with Gasteiger partial charge < -0.3 is 20.1 Å². The van der Waals surface area contributed by atoms with Crippen molar-refractivity contribution in [2.24, 2.45) is 5.92 Å². The summed E-state index contributed by atoms with van der Waals surface area (Å²) in [7, 11) is 0. The second kappa shape index (κ2) is 7.95. The number of rotatable bonds is 4. The van der Waals surface area contributed by atoms with E-state index < -0.39 is 17.4 Å². The summed E-state index contributed by atoms with van der Waals surface area (Å²) in [6.45, 7) is 4.13. The van der Waals surface area contributed by atoms with E-state index in [0.717, 1.165) is 29.7 Å². The van der Waals surface area contributed by atoms with Gasteiger partial charge in [0.05, 0.1) is 17.6 Å². The second-order valence-electron chi connectivity index (χ2n) is 7.49. The van der Waals surface area contributed by atoms with E-state index in [1.54, 1.807) is 25.1 Å². The van der Waals surface area contributed by atoms with E-state index in [-0.39, 0.29) is 23.5 Å². The number of aryl methyl sites for hydroxylation is 1. The molecule has 3 N–H and O–H groups in total. The number of anilines is 1. The molecular weight excluding hydrogens is 404 g/mol. The molecule has 30 heavy (non-hydrogen) atoms. The Hall–Kier alpha value is -3.13. The SMILES string of the molecule is CCOC(=O)c1cccc(NC(=O)c2c(O)c3c4c(sc3[nH]c2=O)CC(C)CC4)c1. The molecule has 2 heterocycles. The van der Waals surface area contributed by atoms with Gasteiger partial charge in [-0.2, -0.15) is 0 Å². The Labute approximate surface area is 176 Å². The Bertz CT molecular complexity index is 1210. The number of H-pyrrole nitrogens is 1. The number of thiophene rings is 1. The average Bonchev–Trinajstić information content (AvgIpc) is 3.05. The molecule has 0 aliphatic heterocycles. The summed E-state index contributed by atoms with van der Waals surface area (Å²) < 4.78 is 4.96. The predicted octanol–water partition coefficient (Wildman–Crippen LogP) is 3.85. The minimum Gasteiger partial charge on any atom is -0.506 e. The third kappa shape index (κ3) is 3.59. The quantitative estimate of drug-likeness (QED) is 0.549. The van der Waals surface area contributed by atoms with E-state index in [2.05, 4.69) is 17.2 Å². The number of carbonyl (C=O) groups excluding carboxylic acids is 2. The molecule has 0 saturated carbocycles. The monoisotopic (exact) mass is 426 g/mol. The van der Waals surface area contributed by atoms with Gasteiger partial charge in [-0.25, -0.2) is 4.79 Å². The van der Waals surface area contributed by atoms with Crippen molar-refractivity contribution in [1.82, 2.24) is 4.98 Å². The summed E-state index contributed by atoms with van der Waals surface area (Å²) in [6.07, 6.45) is 2.71. The van der Waals surface area contributed by atoms with Gasteiger partial charge in [-0.05, 0) is 55.9 Å². The molecule has 156 valence electrons. The molecule has 0 fully saturated rings. The maximum Gasteiger partial charge on any atom is 0.338 e. The summed E-state index contributed by atoms with van der Waals surface area (Å²) in [5, 5.41) is 14.0. The molecule has 1 aromatic carbocycles. The van der Waals surface area contributed by atoms with Gasteiger partial charge in [-0.1, -0.05) is 13.0 Å². The molecular formula is C22H22N2O5S. The van der Waals surface area contributed by atoms with Crippen LogP contribution in [0.1, 0.15) is 51.4 Å². The number of hydrogen-bond donors (Lipinski definition) is 3. The van der Waals surface area contributed by atoms with Gasteiger partial charge in [0.2, 0.25) is 0 Å². The van der Waals surface area contributed by atoms with Crippen LogP contribution in [0.5, 0.6) is 5.75 Å². The lowest BCUT2D eigenvalue weighted by molar-refractivity contribution is 0.0526. The number of esters is 1. The number of aromatic amines is 1. The van der Waals surface area contributed by atoms with Gasteiger partial charge in [0.25, 0.3) is 11.5 Å². The van der Waals surface area contributed by atoms with Crippen molar-refractivity contribution in [3.63, 3.8) is 0 Å². The molecule has 0 spiro atoms. The number of ether oxygens (including phenoxy) is 1. The highest BCUT2D eigenvalue weighted by Gasteiger charge is 2.27. The molecule has 1 aliphatic rings. The zero-order chi connectivity index (χ0) is 21.4. The molecule has 4 rings (SSSR count). The van der Waals surface area contributed by atoms with Crippen molar-refractivity contribution in [1.29, 1.82) is 0 Å². The Kier molecular flexibility index (Phi) is 5.34. The number of benzene rings is 1. The zero-order valence-electron chi connectivity index (χ0n) is 16.7. The predicted molar refractivity (Wildman–Crippen MR) is 116 cm³/mol. The van der Waals surface area contributed by atoms with Crippen molar-refractivity contribution in [3.8, 4) is 5.75 Å². The Balaban J connectivity index is 1.70. The third-order valence-electron chi connectivity index (χ3n) is 5.30. The van der Waals surface area contributed by atoms with Crippen LogP contribution in [0.25, 0.3) is 10.2 Å². The largest absolute Gasteiger partial charge is 0.506 e. The first-order chi connectivity index (χ1) is 14.4. The highest BCUT2D eigenvalue weighted by atomic mass is 32.1. The Morgan fingerprint density at radius 3 is 2.93 bits per heavy atom. The fourth-order valence-corrected chi connectivity index (χ4v) is 5.24. The van der Waals surface area contributed by atoms with Crippen LogP contribution >= 0.6 is 11.3 Å². The molecule has 0 bridgehead atoms. The number of aromatic nitrogens is 1. The summed E-state index contributed by atoms with van der Waals surface area (Å²) in [5.41, 5.74) is 0.643. The molecule has 1 amide bonds. The van der Waals surface area contributed by atoms with Crippen LogP contribution in [0, 0.1) is 5.92 Å². The Morgan fingerprint density at radius 2 is 2.17 bits per heavy atom. The first kappa shape index (κ1) is 20.2. The van der Waals surface area contributed by atoms with Crippen molar-refractivity contribution in [3.05, 3.63) is 56.2 Å². The minimum atomic E-state index is -0.735. The van der Waals surface area contributed by atoms with Crippen molar-refractivity contribution < 1.29 is 19.4 Å². The molecule has 1 unspecified atom stereocenters. The topological polar surface area (TPSA) is 108 Å². The van der Waals surface area contributed by atoms with Crippen LogP contribution in [-0.2, 0) is 17.6 Å². The standard InChI is InChI=1S/C22H22N2O5S/c1-3-29-22(28)12-5-4-6-13(10-12)23-19(26)17-18(25)16-14-8-7-11(2)9-15(14)30-21(16)24-20(17)27/h4-6,10-11H,3,7-9H2,1-2H3,(H,23,26)(H2,24,25,27). The molecule has 0 saturated heterocycles. The van der Waals surface area contributed by atoms with E-state index in [0.29, 0.717) is 21.8 Å². The van der Waals surface area contributed by atoms with Crippen molar-refractivity contribution >= 4 is 39.1 Å². The second-order valence-corrected chi connectivity index (χ2v) is 8.59. The van der Waals surface area contributed by atoms with Crippen LogP contribution in [0.2, 0.25) is 0 Å². The van der Waals surface area contributed by atoms with Gasteiger partial charge in [0, 0.05) is 10.6 Å². The van der Waals surface area contributed by atoms with Crippen LogP contribution in [-0.4, -0.2) is 28.6 Å². The molecule has 1 atom stereocenters. The van der Waals surface area contributed by atoms with E-state index in [1.165, 1.54) is 17.4 Å². The smallest absolute Gasteiger partial charge is 0.338 e. The highest BCUT2D eigenvalue weighted by Crippen LogP contribution is 2.41. The molecule has 2 aromatic heterocycles. The van der Waals surface area contributed by atoms with Crippen molar-refractivity contribution in [2.45, 2.75) is 33.1 Å². The zero-order valence-corrected chi connectivity index (χ0v) is 17.5. The molecule has 1 aliphatic carbocycles. The van der Waals surface area contributed by atoms with E-state index in [4.69, 9.17) is 4.74 Å². The molecule has 3 aromatic rings. The van der Waals surface area contributed by atoms with Gasteiger partial charge in [-0.15, -0.1) is 11.3 Å². The first-order valence-corrected chi connectivity index (χ1v) is 10.7. The molecule has 0 radical (unpaired) electrons. The van der Waals surface area contributed by atoms with Gasteiger partial charge in [0.1, 0.15) is 16.1 Å². The average molecular weight is 426 g/mol. The fourth-order valence-electron chi connectivity index (χ4n) is 3.83. The summed E-state index contributed by atoms with van der Waals surface area (Å²) >= 11 is 1.47. The number of pyridine rings is 1. The number of hydrogen-bond acceptors (Lipinski definition) is 6. The minimum absolute atomic E-state index is 0.239. The lowest BCUT2D eigenvalue weighted by Crippen LogP contribution is -2.23. The number of nitrogens with one attached hydrogen (secondary N) is 2. The fraction of sp³-hybridized carbons (Fsp3) is 0.318. The highest BCUT2D eigenvalue weighted by molar-refractivity contribution is 7.18. The summed E-state index contributed by atoms with van der Waals surface area (Å²) in [4.78, 5) is 41.8. The third-order valence-corrected chi connectivity index (χ3v) is 6.47. The van der Waals surface area contributed by atoms with E-state index in [9.17, 15) is 19.5 Å². The lowest BCUT2D eigenvalue weighted by Gasteiger charge is -2.18. The summed E-state index contributed by atoms with van der Waals surface area (Å²) in [6, 6.07) is 6.24. The van der Waals surface area contributed by atoms with Crippen LogP contribution in [0.3, 0.4) is 0 Å². The van der Waals surface area contributed by atoms with E-state index in [1.807, 2.05) is 0 Å². The normalized spacial score (nSPS) is 15.6. The Morgan fingerprint density at radius 1 is 1.37 bits per heavy atom. The number of aromatic hydroxyl groups is 1.